The summed E-state index contributed by atoms with van der Waals surface area (Å²) in [7, 11) is 0. The van der Waals surface area contributed by atoms with Crippen molar-refractivity contribution in [1.29, 1.82) is 0 Å². The van der Waals surface area contributed by atoms with Gasteiger partial charge in [0, 0.05) is 29.9 Å². The first-order valence-electron chi connectivity index (χ1n) is 8.53. The molecule has 0 radical (unpaired) electrons. The highest BCUT2D eigenvalue weighted by atomic mass is 35.5. The Kier molecular flexibility index (Phi) is 4.82. The molecule has 2 atom stereocenters. The van der Waals surface area contributed by atoms with Crippen LogP contribution >= 0.6 is 11.6 Å². The van der Waals surface area contributed by atoms with Crippen molar-refractivity contribution in [3.8, 4) is 0 Å². The number of ether oxygens (including phenoxy) is 1. The lowest BCUT2D eigenvalue weighted by Crippen LogP contribution is -2.40. The molecule has 6 heteroatoms. The Morgan fingerprint density at radius 3 is 2.96 bits per heavy atom. The van der Waals surface area contributed by atoms with Crippen molar-refractivity contribution >= 4 is 28.4 Å². The molecular weight excluding hydrogens is 350 g/mol. The zero-order valence-electron chi connectivity index (χ0n) is 14.1. The number of nitrogens with zero attached hydrogens (tertiary/aromatic N) is 2. The first kappa shape index (κ1) is 16.9. The molecule has 1 fully saturated rings. The second kappa shape index (κ2) is 7.40. The highest BCUT2D eigenvalue weighted by Gasteiger charge is 2.30. The minimum Gasteiger partial charge on any atom is -0.379 e. The minimum atomic E-state index is -0.197. The molecule has 26 heavy (non-hydrogen) atoms. The topological polar surface area (TPSA) is 64.1 Å². The lowest BCUT2D eigenvalue weighted by atomic mass is 9.93. The molecule has 4 rings (SSSR count). The molecule has 1 aliphatic heterocycles. The van der Waals surface area contributed by atoms with E-state index in [4.69, 9.17) is 16.3 Å². The van der Waals surface area contributed by atoms with Crippen LogP contribution in [0.4, 0.5) is 0 Å². The maximum atomic E-state index is 12.5. The number of halogens is 1. The number of hydrogen-bond donors (Lipinski definition) is 1. The predicted octanol–water partition coefficient (Wildman–Crippen LogP) is 3.27. The van der Waals surface area contributed by atoms with E-state index in [9.17, 15) is 4.79 Å². The Bertz CT molecular complexity index is 942. The van der Waals surface area contributed by atoms with Gasteiger partial charge in [-0.05, 0) is 30.2 Å². The van der Waals surface area contributed by atoms with Gasteiger partial charge in [0.1, 0.15) is 0 Å². The maximum absolute atomic E-state index is 12.5. The van der Waals surface area contributed by atoms with Gasteiger partial charge < -0.3 is 10.1 Å². The molecule has 132 valence electrons. The van der Waals surface area contributed by atoms with Gasteiger partial charge in [0.15, 0.2) is 0 Å². The monoisotopic (exact) mass is 367 g/mol. The van der Waals surface area contributed by atoms with Crippen LogP contribution in [0.15, 0.2) is 55.0 Å². The molecule has 2 aromatic heterocycles. The van der Waals surface area contributed by atoms with Crippen molar-refractivity contribution in [3.63, 3.8) is 0 Å². The first-order chi connectivity index (χ1) is 12.7. The Hall–Kier alpha value is -2.50. The molecule has 1 amide bonds. The Labute approximate surface area is 156 Å². The van der Waals surface area contributed by atoms with Crippen LogP contribution in [-0.2, 0) is 11.2 Å². The third-order valence-corrected chi connectivity index (χ3v) is 5.05. The van der Waals surface area contributed by atoms with Crippen LogP contribution < -0.4 is 5.32 Å². The van der Waals surface area contributed by atoms with Crippen molar-refractivity contribution < 1.29 is 9.53 Å². The zero-order chi connectivity index (χ0) is 17.9. The molecule has 0 aliphatic carbocycles. The van der Waals surface area contributed by atoms with Crippen LogP contribution in [0.25, 0.3) is 10.9 Å². The summed E-state index contributed by atoms with van der Waals surface area (Å²) in [4.78, 5) is 20.9. The van der Waals surface area contributed by atoms with E-state index in [2.05, 4.69) is 21.4 Å². The summed E-state index contributed by atoms with van der Waals surface area (Å²) in [6, 6.07) is 11.7. The zero-order valence-corrected chi connectivity index (χ0v) is 14.8. The number of carbonyl (C=O) groups excluding carboxylic acids is 1. The van der Waals surface area contributed by atoms with E-state index in [-0.39, 0.29) is 17.9 Å². The number of benzene rings is 1. The molecule has 1 aromatic carbocycles. The van der Waals surface area contributed by atoms with E-state index in [0.717, 1.165) is 17.3 Å². The molecule has 1 N–H and O–H groups in total. The Balaban J connectivity index is 1.52. The van der Waals surface area contributed by atoms with E-state index < -0.39 is 0 Å². The van der Waals surface area contributed by atoms with Crippen LogP contribution in [0.3, 0.4) is 0 Å². The number of carbonyl (C=O) groups is 1. The van der Waals surface area contributed by atoms with Gasteiger partial charge in [-0.15, -0.1) is 0 Å². The van der Waals surface area contributed by atoms with E-state index in [1.54, 1.807) is 12.3 Å². The molecule has 0 saturated carbocycles. The molecule has 5 nitrogen and oxygen atoms in total. The highest BCUT2D eigenvalue weighted by Crippen LogP contribution is 2.24. The maximum Gasteiger partial charge on any atom is 0.253 e. The number of rotatable bonds is 4. The smallest absolute Gasteiger partial charge is 0.253 e. The van der Waals surface area contributed by atoms with Crippen LogP contribution in [0.5, 0.6) is 0 Å². The lowest BCUT2D eigenvalue weighted by molar-refractivity contribution is 0.0925. The Morgan fingerprint density at radius 1 is 1.19 bits per heavy atom. The molecule has 1 aliphatic rings. The van der Waals surface area contributed by atoms with Gasteiger partial charge in [-0.25, -0.2) is 0 Å². The number of para-hydroxylation sites is 1. The molecule has 1 saturated heterocycles. The molecule has 3 heterocycles. The quantitative estimate of drug-likeness (QED) is 0.768. The van der Waals surface area contributed by atoms with Gasteiger partial charge in [-0.3, -0.25) is 14.8 Å². The van der Waals surface area contributed by atoms with Gasteiger partial charge in [0.05, 0.1) is 35.4 Å². The summed E-state index contributed by atoms with van der Waals surface area (Å²) in [6.07, 6.45) is 5.69. The number of hydrogen-bond acceptors (Lipinski definition) is 4. The van der Waals surface area contributed by atoms with Crippen LogP contribution in [0, 0.1) is 5.92 Å². The molecule has 0 unspecified atom stereocenters. The SMILES string of the molecule is O=C(N[C@@H]1COC[C@H]1Cc1ccnc2ccccc12)c1ccncc1Cl. The van der Waals surface area contributed by atoms with Gasteiger partial charge in [0.2, 0.25) is 0 Å². The fourth-order valence-corrected chi connectivity index (χ4v) is 3.59. The largest absolute Gasteiger partial charge is 0.379 e. The summed E-state index contributed by atoms with van der Waals surface area (Å²) in [5.74, 6) is 0.00264. The normalized spacial score (nSPS) is 19.6. The molecule has 0 spiro atoms. The van der Waals surface area contributed by atoms with Crippen LogP contribution in [-0.4, -0.2) is 35.1 Å². The summed E-state index contributed by atoms with van der Waals surface area (Å²) >= 11 is 6.07. The number of fused-ring (bicyclic) bond motifs is 1. The van der Waals surface area contributed by atoms with Gasteiger partial charge in [-0.1, -0.05) is 29.8 Å². The van der Waals surface area contributed by atoms with Gasteiger partial charge >= 0.3 is 0 Å². The second-order valence-electron chi connectivity index (χ2n) is 6.42. The number of pyridine rings is 2. The van der Waals surface area contributed by atoms with Crippen molar-refractivity contribution in [1.82, 2.24) is 15.3 Å². The van der Waals surface area contributed by atoms with E-state index in [1.807, 2.05) is 30.5 Å². The average Bonchev–Trinajstić information content (AvgIpc) is 3.09. The first-order valence-corrected chi connectivity index (χ1v) is 8.91. The Morgan fingerprint density at radius 2 is 2.08 bits per heavy atom. The second-order valence-corrected chi connectivity index (χ2v) is 6.83. The average molecular weight is 368 g/mol. The summed E-state index contributed by atoms with van der Waals surface area (Å²) < 4.78 is 5.65. The van der Waals surface area contributed by atoms with E-state index >= 15 is 0 Å². The van der Waals surface area contributed by atoms with Crippen molar-refractivity contribution in [3.05, 3.63) is 71.1 Å². The molecular formula is C20H18ClN3O2. The predicted molar refractivity (Wildman–Crippen MR) is 100 cm³/mol. The number of amides is 1. The molecule has 3 aromatic rings. The third kappa shape index (κ3) is 3.41. The standard InChI is InChI=1S/C20H18ClN3O2/c21-17-10-22-7-6-16(17)20(25)24-19-12-26-11-14(19)9-13-5-8-23-18-4-2-1-3-15(13)18/h1-8,10,14,19H,9,11-12H2,(H,24,25)/t14-,19-/m1/s1. The van der Waals surface area contributed by atoms with Crippen molar-refractivity contribution in [2.45, 2.75) is 12.5 Å². The summed E-state index contributed by atoms with van der Waals surface area (Å²) in [5, 5.41) is 4.55. The number of aromatic nitrogens is 2. The van der Waals surface area contributed by atoms with Gasteiger partial charge in [-0.2, -0.15) is 0 Å². The lowest BCUT2D eigenvalue weighted by Gasteiger charge is -2.20. The van der Waals surface area contributed by atoms with Gasteiger partial charge in [0.25, 0.3) is 5.91 Å². The van der Waals surface area contributed by atoms with Crippen LogP contribution in [0.1, 0.15) is 15.9 Å². The van der Waals surface area contributed by atoms with Crippen molar-refractivity contribution in [2.24, 2.45) is 5.92 Å². The van der Waals surface area contributed by atoms with E-state index in [0.29, 0.717) is 23.8 Å². The summed E-state index contributed by atoms with van der Waals surface area (Å²) in [6.45, 7) is 1.12. The fraction of sp³-hybridized carbons (Fsp3) is 0.250. The minimum absolute atomic E-state index is 0.0568. The highest BCUT2D eigenvalue weighted by molar-refractivity contribution is 6.33. The molecule has 0 bridgehead atoms. The summed E-state index contributed by atoms with van der Waals surface area (Å²) in [5.41, 5.74) is 2.63. The van der Waals surface area contributed by atoms with E-state index in [1.165, 1.54) is 11.8 Å². The fourth-order valence-electron chi connectivity index (χ4n) is 3.38. The van der Waals surface area contributed by atoms with Crippen LogP contribution in [0.2, 0.25) is 5.02 Å². The van der Waals surface area contributed by atoms with Crippen molar-refractivity contribution in [2.75, 3.05) is 13.2 Å². The third-order valence-electron chi connectivity index (χ3n) is 4.75. The number of nitrogens with one attached hydrogen (secondary N) is 1.